The molecule has 1 aromatic rings. The number of urea groups is 1. The highest BCUT2D eigenvalue weighted by Crippen LogP contribution is 2.12. The molecule has 7 nitrogen and oxygen atoms in total. The highest BCUT2D eigenvalue weighted by Gasteiger charge is 2.13. The van der Waals surface area contributed by atoms with Gasteiger partial charge in [0.1, 0.15) is 11.5 Å². The second-order valence-corrected chi connectivity index (χ2v) is 4.21. The fraction of sp³-hybridized carbons (Fsp3) is 0.538. The van der Waals surface area contributed by atoms with Crippen molar-refractivity contribution in [2.75, 3.05) is 19.8 Å². The smallest absolute Gasteiger partial charge is 0.333 e. The van der Waals surface area contributed by atoms with Crippen LogP contribution < -0.4 is 16.2 Å². The average Bonchev–Trinajstić information content (AvgIpc) is 2.75. The minimum absolute atomic E-state index is 0.402. The van der Waals surface area contributed by atoms with E-state index in [0.29, 0.717) is 36.8 Å². The van der Waals surface area contributed by atoms with Gasteiger partial charge in [-0.25, -0.2) is 10.2 Å². The molecule has 3 N–H and O–H groups in total. The van der Waals surface area contributed by atoms with Crippen LogP contribution in [0, 0.1) is 13.8 Å². The zero-order valence-electron chi connectivity index (χ0n) is 12.0. The average molecular weight is 283 g/mol. The molecule has 0 saturated carbocycles. The SMILES string of the molecule is CCOCCCNC(=O)NNC(=O)c1cc(C)oc1C. The highest BCUT2D eigenvalue weighted by molar-refractivity contribution is 5.96. The van der Waals surface area contributed by atoms with E-state index in [1.165, 1.54) is 0 Å². The molecular formula is C13H21N3O4. The Morgan fingerprint density at radius 2 is 2.05 bits per heavy atom. The van der Waals surface area contributed by atoms with Gasteiger partial charge in [0.05, 0.1) is 5.56 Å². The Labute approximate surface area is 118 Å². The Kier molecular flexibility index (Phi) is 6.58. The van der Waals surface area contributed by atoms with Gasteiger partial charge in [0.15, 0.2) is 0 Å². The summed E-state index contributed by atoms with van der Waals surface area (Å²) in [4.78, 5) is 23.2. The Bertz CT molecular complexity index is 456. The predicted molar refractivity (Wildman–Crippen MR) is 73.3 cm³/mol. The van der Waals surface area contributed by atoms with Gasteiger partial charge in [-0.2, -0.15) is 0 Å². The van der Waals surface area contributed by atoms with Gasteiger partial charge in [-0.15, -0.1) is 0 Å². The second kappa shape index (κ2) is 8.21. The number of amides is 3. The topological polar surface area (TPSA) is 92.6 Å². The molecule has 1 heterocycles. The largest absolute Gasteiger partial charge is 0.466 e. The normalized spacial score (nSPS) is 10.2. The molecule has 0 aromatic carbocycles. The molecule has 3 amide bonds. The van der Waals surface area contributed by atoms with Crippen LogP contribution in [0.5, 0.6) is 0 Å². The van der Waals surface area contributed by atoms with Gasteiger partial charge in [0, 0.05) is 19.8 Å². The number of rotatable bonds is 6. The van der Waals surface area contributed by atoms with Crippen molar-refractivity contribution in [1.82, 2.24) is 16.2 Å². The van der Waals surface area contributed by atoms with Crippen LogP contribution in [0.15, 0.2) is 10.5 Å². The maximum atomic E-state index is 11.8. The number of hydrogen-bond donors (Lipinski definition) is 3. The Hall–Kier alpha value is -2.02. The Morgan fingerprint density at radius 1 is 1.30 bits per heavy atom. The van der Waals surface area contributed by atoms with Crippen molar-refractivity contribution in [3.63, 3.8) is 0 Å². The van der Waals surface area contributed by atoms with Crippen molar-refractivity contribution < 1.29 is 18.7 Å². The number of aryl methyl sites for hydroxylation is 2. The molecule has 0 aliphatic rings. The number of ether oxygens (including phenoxy) is 1. The first-order chi connectivity index (χ1) is 9.54. The molecule has 0 fully saturated rings. The predicted octanol–water partition coefficient (Wildman–Crippen LogP) is 1.27. The van der Waals surface area contributed by atoms with Crippen LogP contribution in [0.2, 0.25) is 0 Å². The van der Waals surface area contributed by atoms with Crippen LogP contribution in [-0.2, 0) is 4.74 Å². The number of carbonyl (C=O) groups excluding carboxylic acids is 2. The molecule has 0 bridgehead atoms. The molecule has 0 radical (unpaired) electrons. The third-order valence-corrected chi connectivity index (χ3v) is 2.53. The van der Waals surface area contributed by atoms with E-state index in [9.17, 15) is 9.59 Å². The van der Waals surface area contributed by atoms with Crippen molar-refractivity contribution in [3.05, 3.63) is 23.2 Å². The highest BCUT2D eigenvalue weighted by atomic mass is 16.5. The zero-order valence-corrected chi connectivity index (χ0v) is 12.0. The fourth-order valence-corrected chi connectivity index (χ4v) is 1.60. The minimum atomic E-state index is -0.465. The lowest BCUT2D eigenvalue weighted by molar-refractivity contribution is 0.0934. The summed E-state index contributed by atoms with van der Waals surface area (Å²) >= 11 is 0. The molecule has 0 unspecified atom stereocenters. The summed E-state index contributed by atoms with van der Waals surface area (Å²) < 4.78 is 10.4. The van der Waals surface area contributed by atoms with Gasteiger partial charge in [-0.05, 0) is 33.3 Å². The van der Waals surface area contributed by atoms with E-state index in [2.05, 4.69) is 16.2 Å². The number of hydrogen-bond acceptors (Lipinski definition) is 4. The van der Waals surface area contributed by atoms with Crippen LogP contribution in [0.4, 0.5) is 4.79 Å². The summed E-state index contributed by atoms with van der Waals surface area (Å²) in [6.45, 7) is 7.08. The quantitative estimate of drug-likeness (QED) is 0.541. The third kappa shape index (κ3) is 5.31. The van der Waals surface area contributed by atoms with Crippen molar-refractivity contribution in [2.24, 2.45) is 0 Å². The van der Waals surface area contributed by atoms with E-state index < -0.39 is 11.9 Å². The molecule has 0 aliphatic carbocycles. The van der Waals surface area contributed by atoms with E-state index >= 15 is 0 Å². The van der Waals surface area contributed by atoms with Crippen molar-refractivity contribution in [2.45, 2.75) is 27.2 Å². The lowest BCUT2D eigenvalue weighted by atomic mass is 10.2. The molecule has 0 aliphatic heterocycles. The zero-order chi connectivity index (χ0) is 15.0. The molecule has 0 spiro atoms. The summed E-state index contributed by atoms with van der Waals surface area (Å²) in [6, 6.07) is 1.15. The number of furan rings is 1. The van der Waals surface area contributed by atoms with Gasteiger partial charge < -0.3 is 14.5 Å². The van der Waals surface area contributed by atoms with Gasteiger partial charge in [0.2, 0.25) is 0 Å². The van der Waals surface area contributed by atoms with E-state index in [4.69, 9.17) is 9.15 Å². The van der Waals surface area contributed by atoms with Gasteiger partial charge in [-0.3, -0.25) is 10.2 Å². The van der Waals surface area contributed by atoms with Crippen LogP contribution >= 0.6 is 0 Å². The van der Waals surface area contributed by atoms with Gasteiger partial charge in [0.25, 0.3) is 5.91 Å². The lowest BCUT2D eigenvalue weighted by Gasteiger charge is -2.08. The molecule has 7 heteroatoms. The van der Waals surface area contributed by atoms with Crippen molar-refractivity contribution >= 4 is 11.9 Å². The standard InChI is InChI=1S/C13H21N3O4/c1-4-19-7-5-6-14-13(18)16-15-12(17)11-8-9(2)20-10(11)3/h8H,4-7H2,1-3H3,(H,15,17)(H2,14,16,18). The van der Waals surface area contributed by atoms with E-state index in [1.54, 1.807) is 19.9 Å². The monoisotopic (exact) mass is 283 g/mol. The van der Waals surface area contributed by atoms with Crippen molar-refractivity contribution in [1.29, 1.82) is 0 Å². The summed E-state index contributed by atoms with van der Waals surface area (Å²) in [7, 11) is 0. The lowest BCUT2D eigenvalue weighted by Crippen LogP contribution is -2.47. The maximum Gasteiger partial charge on any atom is 0.333 e. The van der Waals surface area contributed by atoms with E-state index in [-0.39, 0.29) is 0 Å². The van der Waals surface area contributed by atoms with Gasteiger partial charge >= 0.3 is 6.03 Å². The molecule has 0 saturated heterocycles. The molecule has 0 atom stereocenters. The Balaban J connectivity index is 2.24. The van der Waals surface area contributed by atoms with E-state index in [0.717, 1.165) is 6.42 Å². The molecule has 1 aromatic heterocycles. The summed E-state index contributed by atoms with van der Waals surface area (Å²) in [6.07, 6.45) is 0.717. The first-order valence-electron chi connectivity index (χ1n) is 6.53. The molecule has 20 heavy (non-hydrogen) atoms. The Morgan fingerprint density at radius 3 is 2.65 bits per heavy atom. The molecule has 1 rings (SSSR count). The van der Waals surface area contributed by atoms with Crippen LogP contribution in [0.25, 0.3) is 0 Å². The summed E-state index contributed by atoms with van der Waals surface area (Å²) in [5.41, 5.74) is 4.99. The second-order valence-electron chi connectivity index (χ2n) is 4.21. The van der Waals surface area contributed by atoms with Crippen LogP contribution in [0.3, 0.4) is 0 Å². The number of hydrazine groups is 1. The number of carbonyl (C=O) groups is 2. The van der Waals surface area contributed by atoms with E-state index in [1.807, 2.05) is 6.92 Å². The minimum Gasteiger partial charge on any atom is -0.466 e. The number of nitrogens with one attached hydrogen (secondary N) is 3. The first kappa shape index (κ1) is 16.0. The summed E-state index contributed by atoms with van der Waals surface area (Å²) in [5, 5.41) is 2.60. The maximum absolute atomic E-state index is 11.8. The molecular weight excluding hydrogens is 262 g/mol. The fourth-order valence-electron chi connectivity index (χ4n) is 1.60. The van der Waals surface area contributed by atoms with Crippen LogP contribution in [-0.4, -0.2) is 31.7 Å². The van der Waals surface area contributed by atoms with Gasteiger partial charge in [-0.1, -0.05) is 0 Å². The third-order valence-electron chi connectivity index (χ3n) is 2.53. The molecule has 112 valence electrons. The van der Waals surface area contributed by atoms with Crippen molar-refractivity contribution in [3.8, 4) is 0 Å². The van der Waals surface area contributed by atoms with Crippen LogP contribution in [0.1, 0.15) is 35.2 Å². The summed E-state index contributed by atoms with van der Waals surface area (Å²) in [5.74, 6) is 0.746. The first-order valence-corrected chi connectivity index (χ1v) is 6.53.